The fourth-order valence-corrected chi connectivity index (χ4v) is 3.62. The van der Waals surface area contributed by atoms with Crippen LogP contribution in [0.4, 0.5) is 5.95 Å². The Hall–Kier alpha value is -3.72. The molecule has 9 heteroatoms. The SMILES string of the molecule is C[C@H](N)CCCCn1c(NC(=O)c2cccc(C(=O)O)c2)nc2cccc(C(=O)N(C)C)c21. The summed E-state index contributed by atoms with van der Waals surface area (Å²) in [5.74, 6) is -1.46. The molecule has 1 heterocycles. The van der Waals surface area contributed by atoms with Gasteiger partial charge in [0.15, 0.2) is 0 Å². The van der Waals surface area contributed by atoms with Crippen molar-refractivity contribution in [3.63, 3.8) is 0 Å². The molecule has 2 amide bonds. The summed E-state index contributed by atoms with van der Waals surface area (Å²) in [4.78, 5) is 43.1. The zero-order valence-electron chi connectivity index (χ0n) is 19.0. The van der Waals surface area contributed by atoms with Gasteiger partial charge in [-0.25, -0.2) is 9.78 Å². The minimum atomic E-state index is -1.11. The van der Waals surface area contributed by atoms with Gasteiger partial charge in [-0.3, -0.25) is 14.9 Å². The predicted molar refractivity (Wildman–Crippen MR) is 127 cm³/mol. The first-order chi connectivity index (χ1) is 15.7. The number of anilines is 1. The Morgan fingerprint density at radius 2 is 1.82 bits per heavy atom. The lowest BCUT2D eigenvalue weighted by Gasteiger charge is -2.15. The van der Waals surface area contributed by atoms with Gasteiger partial charge in [0, 0.05) is 32.2 Å². The molecule has 0 spiro atoms. The zero-order valence-corrected chi connectivity index (χ0v) is 19.0. The minimum absolute atomic E-state index is 0.0194. The Labute approximate surface area is 192 Å². The number of carboxylic acids is 1. The number of nitrogens with one attached hydrogen (secondary N) is 1. The second-order valence-corrected chi connectivity index (χ2v) is 8.27. The number of imidazole rings is 1. The average Bonchev–Trinajstić information content (AvgIpc) is 3.13. The number of aromatic nitrogens is 2. The quantitative estimate of drug-likeness (QED) is 0.428. The highest BCUT2D eigenvalue weighted by molar-refractivity contribution is 6.08. The molecule has 174 valence electrons. The van der Waals surface area contributed by atoms with Gasteiger partial charge in [-0.2, -0.15) is 0 Å². The molecular formula is C24H29N5O4. The van der Waals surface area contributed by atoms with E-state index in [1.807, 2.05) is 11.5 Å². The molecule has 9 nitrogen and oxygen atoms in total. The summed E-state index contributed by atoms with van der Waals surface area (Å²) >= 11 is 0. The lowest BCUT2D eigenvalue weighted by atomic mass is 10.1. The predicted octanol–water partition coefficient (Wildman–Crippen LogP) is 3.21. The number of aryl methyl sites for hydroxylation is 1. The molecule has 0 unspecified atom stereocenters. The topological polar surface area (TPSA) is 131 Å². The second kappa shape index (κ2) is 10.3. The summed E-state index contributed by atoms with van der Waals surface area (Å²) in [5.41, 5.74) is 7.81. The maximum absolute atomic E-state index is 12.9. The third-order valence-electron chi connectivity index (χ3n) is 5.29. The first kappa shape index (κ1) is 23.9. The molecule has 3 aromatic rings. The molecule has 4 N–H and O–H groups in total. The number of nitrogens with zero attached hydrogens (tertiary/aromatic N) is 3. The number of amides is 2. The molecule has 1 aromatic heterocycles. The van der Waals surface area contributed by atoms with Crippen LogP contribution in [0.2, 0.25) is 0 Å². The first-order valence-electron chi connectivity index (χ1n) is 10.8. The molecule has 1 atom stereocenters. The van der Waals surface area contributed by atoms with E-state index in [9.17, 15) is 19.5 Å². The number of hydrogen-bond donors (Lipinski definition) is 3. The van der Waals surface area contributed by atoms with E-state index in [1.165, 1.54) is 23.1 Å². The fourth-order valence-electron chi connectivity index (χ4n) is 3.62. The van der Waals surface area contributed by atoms with E-state index in [1.54, 1.807) is 38.4 Å². The van der Waals surface area contributed by atoms with Gasteiger partial charge < -0.3 is 20.3 Å². The van der Waals surface area contributed by atoms with Crippen LogP contribution in [-0.2, 0) is 6.54 Å². The monoisotopic (exact) mass is 451 g/mol. The van der Waals surface area contributed by atoms with E-state index in [-0.39, 0.29) is 23.1 Å². The van der Waals surface area contributed by atoms with E-state index in [0.29, 0.717) is 29.1 Å². The van der Waals surface area contributed by atoms with E-state index in [4.69, 9.17) is 5.73 Å². The molecule has 3 rings (SSSR count). The minimum Gasteiger partial charge on any atom is -0.478 e. The zero-order chi connectivity index (χ0) is 24.1. The summed E-state index contributed by atoms with van der Waals surface area (Å²) in [6, 6.07) is 11.2. The number of aromatic carboxylic acids is 1. The van der Waals surface area contributed by atoms with Crippen molar-refractivity contribution < 1.29 is 19.5 Å². The van der Waals surface area contributed by atoms with E-state index >= 15 is 0 Å². The van der Waals surface area contributed by atoms with E-state index < -0.39 is 11.9 Å². The van der Waals surface area contributed by atoms with Crippen LogP contribution in [0.3, 0.4) is 0 Å². The largest absolute Gasteiger partial charge is 0.478 e. The molecule has 0 fully saturated rings. The Morgan fingerprint density at radius 3 is 2.48 bits per heavy atom. The number of benzene rings is 2. The van der Waals surface area contributed by atoms with Crippen molar-refractivity contribution in [3.8, 4) is 0 Å². The molecule has 0 saturated heterocycles. The van der Waals surface area contributed by atoms with E-state index in [0.717, 1.165) is 19.3 Å². The molecule has 0 radical (unpaired) electrons. The Morgan fingerprint density at radius 1 is 1.12 bits per heavy atom. The smallest absolute Gasteiger partial charge is 0.335 e. The number of carbonyl (C=O) groups is 3. The number of carbonyl (C=O) groups excluding carboxylic acids is 2. The second-order valence-electron chi connectivity index (χ2n) is 8.27. The molecule has 0 saturated carbocycles. The molecule has 0 aliphatic rings. The molecule has 0 aliphatic carbocycles. The standard InChI is InChI=1S/C24H29N5O4/c1-15(25)8-4-5-13-29-20-18(22(31)28(2)3)11-7-12-19(20)26-24(29)27-21(30)16-9-6-10-17(14-16)23(32)33/h6-7,9-12,14-15H,4-5,8,13,25H2,1-3H3,(H,32,33)(H,26,27,30)/t15-/m0/s1. The number of nitrogens with two attached hydrogens (primary N) is 1. The first-order valence-corrected chi connectivity index (χ1v) is 10.8. The molecule has 0 bridgehead atoms. The third-order valence-corrected chi connectivity index (χ3v) is 5.29. The van der Waals surface area contributed by atoms with Crippen molar-refractivity contribution in [3.05, 3.63) is 59.2 Å². The van der Waals surface area contributed by atoms with Crippen LogP contribution >= 0.6 is 0 Å². The van der Waals surface area contributed by atoms with Gasteiger partial charge in [0.1, 0.15) is 0 Å². The van der Waals surface area contributed by atoms with Crippen molar-refractivity contribution >= 4 is 34.8 Å². The van der Waals surface area contributed by atoms with E-state index in [2.05, 4.69) is 10.3 Å². The van der Waals surface area contributed by atoms with Gasteiger partial charge in [-0.05, 0) is 50.1 Å². The third kappa shape index (κ3) is 5.56. The van der Waals surface area contributed by atoms with Crippen molar-refractivity contribution in [2.45, 2.75) is 38.8 Å². The van der Waals surface area contributed by atoms with Crippen molar-refractivity contribution in [1.82, 2.24) is 14.5 Å². The number of hydrogen-bond acceptors (Lipinski definition) is 5. The molecule has 33 heavy (non-hydrogen) atoms. The maximum Gasteiger partial charge on any atom is 0.335 e. The normalized spacial score (nSPS) is 11.9. The highest BCUT2D eigenvalue weighted by atomic mass is 16.4. The van der Waals surface area contributed by atoms with Crippen LogP contribution in [0.25, 0.3) is 11.0 Å². The number of fused-ring (bicyclic) bond motifs is 1. The lowest BCUT2D eigenvalue weighted by molar-refractivity contribution is 0.0696. The summed E-state index contributed by atoms with van der Waals surface area (Å²) in [5, 5.41) is 12.0. The highest BCUT2D eigenvalue weighted by Gasteiger charge is 2.21. The van der Waals surface area contributed by atoms with Crippen molar-refractivity contribution in [1.29, 1.82) is 0 Å². The number of carboxylic acid groups (broad SMARTS) is 1. The van der Waals surface area contributed by atoms with Crippen LogP contribution in [0.1, 0.15) is 57.3 Å². The van der Waals surface area contributed by atoms with Crippen molar-refractivity contribution in [2.24, 2.45) is 5.73 Å². The van der Waals surface area contributed by atoms with Gasteiger partial charge in [-0.1, -0.05) is 18.6 Å². The van der Waals surface area contributed by atoms with Crippen LogP contribution in [0.15, 0.2) is 42.5 Å². The average molecular weight is 452 g/mol. The molecule has 2 aromatic carbocycles. The summed E-state index contributed by atoms with van der Waals surface area (Å²) in [6.45, 7) is 2.49. The molecular weight excluding hydrogens is 422 g/mol. The summed E-state index contributed by atoms with van der Waals surface area (Å²) < 4.78 is 1.84. The van der Waals surface area contributed by atoms with Crippen molar-refractivity contribution in [2.75, 3.05) is 19.4 Å². The van der Waals surface area contributed by atoms with Crippen LogP contribution in [-0.4, -0.2) is 57.5 Å². The fraction of sp³-hybridized carbons (Fsp3) is 0.333. The summed E-state index contributed by atoms with van der Waals surface area (Å²) in [7, 11) is 3.37. The van der Waals surface area contributed by atoms with Crippen LogP contribution in [0.5, 0.6) is 0 Å². The van der Waals surface area contributed by atoms with Gasteiger partial charge in [-0.15, -0.1) is 0 Å². The highest BCUT2D eigenvalue weighted by Crippen LogP contribution is 2.26. The van der Waals surface area contributed by atoms with Gasteiger partial charge in [0.2, 0.25) is 5.95 Å². The molecule has 0 aliphatic heterocycles. The van der Waals surface area contributed by atoms with Crippen LogP contribution in [0, 0.1) is 0 Å². The van der Waals surface area contributed by atoms with Gasteiger partial charge in [0.05, 0.1) is 22.2 Å². The van der Waals surface area contributed by atoms with Gasteiger partial charge >= 0.3 is 5.97 Å². The lowest BCUT2D eigenvalue weighted by Crippen LogP contribution is -2.23. The number of rotatable bonds is 9. The Bertz CT molecular complexity index is 1180. The maximum atomic E-state index is 12.9. The summed E-state index contributed by atoms with van der Waals surface area (Å²) in [6.07, 6.45) is 2.53. The number of para-hydroxylation sites is 1. The van der Waals surface area contributed by atoms with Crippen LogP contribution < -0.4 is 11.1 Å². The number of unbranched alkanes of at least 4 members (excludes halogenated alkanes) is 1. The Balaban J connectivity index is 2.00. The van der Waals surface area contributed by atoms with Gasteiger partial charge in [0.25, 0.3) is 11.8 Å². The Kier molecular flexibility index (Phi) is 7.44.